The molecule has 4 heteroatoms. The van der Waals surface area contributed by atoms with E-state index in [0.29, 0.717) is 4.99 Å². The van der Waals surface area contributed by atoms with Gasteiger partial charge in [0, 0.05) is 0 Å². The van der Waals surface area contributed by atoms with E-state index in [1.165, 1.54) is 0 Å². The summed E-state index contributed by atoms with van der Waals surface area (Å²) in [6.45, 7) is 2.07. The third-order valence-electron chi connectivity index (χ3n) is 1.34. The van der Waals surface area contributed by atoms with E-state index in [1.807, 2.05) is 19.0 Å². The molecule has 0 saturated heterocycles. The van der Waals surface area contributed by atoms with Crippen molar-refractivity contribution >= 4 is 29.6 Å². The van der Waals surface area contributed by atoms with E-state index in [1.54, 1.807) is 0 Å². The summed E-state index contributed by atoms with van der Waals surface area (Å²) in [5.41, 5.74) is 5.44. The quantitative estimate of drug-likeness (QED) is 0.662. The van der Waals surface area contributed by atoms with Crippen LogP contribution in [0.15, 0.2) is 0 Å². The van der Waals surface area contributed by atoms with Crippen LogP contribution in [0.1, 0.15) is 13.3 Å². The van der Waals surface area contributed by atoms with Crippen LogP contribution in [0.5, 0.6) is 0 Å². The summed E-state index contributed by atoms with van der Waals surface area (Å²) >= 11 is 4.83. The van der Waals surface area contributed by atoms with E-state index in [2.05, 4.69) is 6.92 Å². The number of likely N-dealkylation sites (N-methyl/N-ethyl adjacent to an activating group) is 1. The van der Waals surface area contributed by atoms with Crippen LogP contribution in [0.2, 0.25) is 0 Å². The number of thiocarbonyl (C=S) groups is 1. The highest BCUT2D eigenvalue weighted by Gasteiger charge is 2.09. The molecule has 1 unspecified atom stereocenters. The Morgan fingerprint density at radius 1 is 1.60 bits per heavy atom. The number of halogens is 1. The van der Waals surface area contributed by atoms with Crippen molar-refractivity contribution in [2.75, 3.05) is 14.1 Å². The molecule has 0 saturated carbocycles. The van der Waals surface area contributed by atoms with Crippen LogP contribution in [-0.2, 0) is 0 Å². The predicted molar refractivity (Wildman–Crippen MR) is 51.8 cm³/mol. The van der Waals surface area contributed by atoms with E-state index in [9.17, 15) is 0 Å². The monoisotopic (exact) mass is 182 g/mol. The van der Waals surface area contributed by atoms with Gasteiger partial charge < -0.3 is 10.6 Å². The minimum atomic E-state index is 0. The second-order valence-electron chi connectivity index (χ2n) is 2.29. The minimum absolute atomic E-state index is 0. The molecule has 1 atom stereocenters. The molecule has 0 aromatic carbocycles. The van der Waals surface area contributed by atoms with Gasteiger partial charge in [0.05, 0.1) is 11.0 Å². The number of hydrogen-bond donors (Lipinski definition) is 1. The van der Waals surface area contributed by atoms with Gasteiger partial charge in [0.25, 0.3) is 0 Å². The van der Waals surface area contributed by atoms with Crippen LogP contribution in [0.3, 0.4) is 0 Å². The Balaban J connectivity index is 0. The highest BCUT2D eigenvalue weighted by atomic mass is 35.5. The van der Waals surface area contributed by atoms with E-state index >= 15 is 0 Å². The molecule has 0 amide bonds. The molecular formula is C6H15ClN2S. The van der Waals surface area contributed by atoms with Crippen molar-refractivity contribution in [1.82, 2.24) is 4.90 Å². The molecule has 0 aliphatic carbocycles. The molecule has 0 heterocycles. The van der Waals surface area contributed by atoms with Crippen LogP contribution in [0.4, 0.5) is 0 Å². The Morgan fingerprint density at radius 3 is 2.00 bits per heavy atom. The van der Waals surface area contributed by atoms with Gasteiger partial charge in [0.2, 0.25) is 0 Å². The number of nitrogens with zero attached hydrogens (tertiary/aromatic N) is 1. The standard InChI is InChI=1S/C6H14N2S.ClH/c1-4-5(6(7)9)8(2)3;/h5H,4H2,1-3H3,(H2,7,9);1H. The van der Waals surface area contributed by atoms with Gasteiger partial charge >= 0.3 is 0 Å². The summed E-state index contributed by atoms with van der Waals surface area (Å²) in [6, 6.07) is 0.264. The number of nitrogens with two attached hydrogens (primary N) is 1. The second kappa shape index (κ2) is 5.89. The van der Waals surface area contributed by atoms with Crippen LogP contribution in [0.25, 0.3) is 0 Å². The molecule has 0 rings (SSSR count). The fourth-order valence-electron chi connectivity index (χ4n) is 0.821. The van der Waals surface area contributed by atoms with Gasteiger partial charge in [0.1, 0.15) is 0 Å². The lowest BCUT2D eigenvalue weighted by Gasteiger charge is -2.20. The molecule has 0 aliphatic rings. The van der Waals surface area contributed by atoms with Crippen molar-refractivity contribution in [2.45, 2.75) is 19.4 Å². The molecule has 2 nitrogen and oxygen atoms in total. The summed E-state index contributed by atoms with van der Waals surface area (Å²) in [5, 5.41) is 0. The lowest BCUT2D eigenvalue weighted by molar-refractivity contribution is 0.355. The average molecular weight is 183 g/mol. The van der Waals surface area contributed by atoms with E-state index in [0.717, 1.165) is 6.42 Å². The maximum atomic E-state index is 5.44. The molecule has 0 aromatic rings. The van der Waals surface area contributed by atoms with Gasteiger partial charge in [-0.25, -0.2) is 0 Å². The zero-order valence-electron chi connectivity index (χ0n) is 6.63. The zero-order chi connectivity index (χ0) is 7.44. The maximum Gasteiger partial charge on any atom is 0.0901 e. The first-order chi connectivity index (χ1) is 4.09. The molecule has 0 aromatic heterocycles. The summed E-state index contributed by atoms with van der Waals surface area (Å²) in [7, 11) is 3.96. The topological polar surface area (TPSA) is 29.3 Å². The zero-order valence-corrected chi connectivity index (χ0v) is 8.26. The third-order valence-corrected chi connectivity index (χ3v) is 1.61. The molecule has 0 spiro atoms. The van der Waals surface area contributed by atoms with E-state index < -0.39 is 0 Å². The van der Waals surface area contributed by atoms with Gasteiger partial charge in [-0.3, -0.25) is 0 Å². The van der Waals surface area contributed by atoms with Gasteiger partial charge in [-0.05, 0) is 20.5 Å². The van der Waals surface area contributed by atoms with E-state index in [-0.39, 0.29) is 18.4 Å². The van der Waals surface area contributed by atoms with Crippen LogP contribution in [0, 0.1) is 0 Å². The van der Waals surface area contributed by atoms with Crippen molar-refractivity contribution in [3.05, 3.63) is 0 Å². The first-order valence-corrected chi connectivity index (χ1v) is 3.46. The Kier molecular flexibility index (Phi) is 7.53. The lowest BCUT2D eigenvalue weighted by Crippen LogP contribution is -2.38. The highest BCUT2D eigenvalue weighted by Crippen LogP contribution is 1.97. The Labute approximate surface area is 74.2 Å². The van der Waals surface area contributed by atoms with Crippen molar-refractivity contribution in [2.24, 2.45) is 5.73 Å². The molecule has 0 radical (unpaired) electrons. The minimum Gasteiger partial charge on any atom is -0.392 e. The first-order valence-electron chi connectivity index (χ1n) is 3.05. The van der Waals surface area contributed by atoms with Gasteiger partial charge in [-0.2, -0.15) is 0 Å². The SMILES string of the molecule is CCC(C(N)=S)N(C)C.Cl. The summed E-state index contributed by atoms with van der Waals surface area (Å²) in [6.07, 6.45) is 0.988. The van der Waals surface area contributed by atoms with Crippen molar-refractivity contribution in [3.8, 4) is 0 Å². The van der Waals surface area contributed by atoms with Gasteiger partial charge in [0.15, 0.2) is 0 Å². The van der Waals surface area contributed by atoms with Crippen molar-refractivity contribution < 1.29 is 0 Å². The normalized spacial score (nSPS) is 12.4. The number of hydrogen-bond acceptors (Lipinski definition) is 2. The molecule has 0 bridgehead atoms. The van der Waals surface area contributed by atoms with Crippen molar-refractivity contribution in [1.29, 1.82) is 0 Å². The molecular weight excluding hydrogens is 168 g/mol. The van der Waals surface area contributed by atoms with Gasteiger partial charge in [-0.15, -0.1) is 12.4 Å². The highest BCUT2D eigenvalue weighted by molar-refractivity contribution is 7.80. The molecule has 10 heavy (non-hydrogen) atoms. The number of rotatable bonds is 3. The third kappa shape index (κ3) is 4.04. The lowest BCUT2D eigenvalue weighted by atomic mass is 10.2. The fraction of sp³-hybridized carbons (Fsp3) is 0.833. The van der Waals surface area contributed by atoms with Crippen molar-refractivity contribution in [3.63, 3.8) is 0 Å². The van der Waals surface area contributed by atoms with Gasteiger partial charge in [-0.1, -0.05) is 19.1 Å². The fourth-order valence-corrected chi connectivity index (χ4v) is 1.20. The van der Waals surface area contributed by atoms with E-state index in [4.69, 9.17) is 18.0 Å². The largest absolute Gasteiger partial charge is 0.392 e. The average Bonchev–Trinajstić information content (AvgIpc) is 1.64. The summed E-state index contributed by atoms with van der Waals surface area (Å²) < 4.78 is 0. The van der Waals surface area contributed by atoms with Crippen LogP contribution in [-0.4, -0.2) is 30.0 Å². The molecule has 0 fully saturated rings. The molecule has 0 aliphatic heterocycles. The smallest absolute Gasteiger partial charge is 0.0901 e. The Bertz CT molecular complexity index is 106. The van der Waals surface area contributed by atoms with Crippen LogP contribution < -0.4 is 5.73 Å². The summed E-state index contributed by atoms with van der Waals surface area (Å²) in [4.78, 5) is 2.62. The Hall–Kier alpha value is 0.140. The second-order valence-corrected chi connectivity index (χ2v) is 2.76. The Morgan fingerprint density at radius 2 is 2.00 bits per heavy atom. The molecule has 62 valence electrons. The predicted octanol–water partition coefficient (Wildman–Crippen LogP) is 1.03. The summed E-state index contributed by atoms with van der Waals surface area (Å²) in [5.74, 6) is 0. The van der Waals surface area contributed by atoms with Crippen LogP contribution >= 0.6 is 24.6 Å². The molecule has 2 N–H and O–H groups in total. The first kappa shape index (κ1) is 12.8. The maximum absolute atomic E-state index is 5.44.